The van der Waals surface area contributed by atoms with Gasteiger partial charge < -0.3 is 9.15 Å². The molecule has 0 saturated carbocycles. The molecule has 0 fully saturated rings. The van der Waals surface area contributed by atoms with Crippen LogP contribution in [0.1, 0.15) is 5.76 Å². The van der Waals surface area contributed by atoms with Gasteiger partial charge in [-0.1, -0.05) is 11.6 Å². The molecule has 0 unspecified atom stereocenters. The molecule has 0 aliphatic heterocycles. The van der Waals surface area contributed by atoms with Crippen LogP contribution in [-0.4, -0.2) is 16.9 Å². The molecule has 2 aromatic rings. The second kappa shape index (κ2) is 3.38. The number of halogens is 1. The molecule has 0 aromatic carbocycles. The highest BCUT2D eigenvalue weighted by molar-refractivity contribution is 6.31. The molecule has 4 nitrogen and oxygen atoms in total. The van der Waals surface area contributed by atoms with E-state index in [0.29, 0.717) is 16.8 Å². The van der Waals surface area contributed by atoms with Crippen LogP contribution in [0.25, 0.3) is 5.88 Å². The first kappa shape index (κ1) is 9.15. The molecule has 0 spiro atoms. The van der Waals surface area contributed by atoms with Gasteiger partial charge in [0, 0.05) is 6.07 Å². The number of furan rings is 1. The highest BCUT2D eigenvalue weighted by Gasteiger charge is 2.12. The van der Waals surface area contributed by atoms with Crippen LogP contribution in [-0.2, 0) is 0 Å². The lowest BCUT2D eigenvalue weighted by molar-refractivity contribution is 0.414. The minimum Gasteiger partial charge on any atom is -0.492 e. The number of methoxy groups -OCH3 is 1. The van der Waals surface area contributed by atoms with Crippen LogP contribution >= 0.6 is 11.6 Å². The quantitative estimate of drug-likeness (QED) is 0.768. The van der Waals surface area contributed by atoms with Crippen molar-refractivity contribution in [3.63, 3.8) is 0 Å². The van der Waals surface area contributed by atoms with Crippen LogP contribution in [0, 0.1) is 6.92 Å². The third-order valence-electron chi connectivity index (χ3n) is 1.83. The zero-order chi connectivity index (χ0) is 10.1. The summed E-state index contributed by atoms with van der Waals surface area (Å²) in [6, 6.07) is 3.65. The van der Waals surface area contributed by atoms with Crippen LogP contribution in [0.4, 0.5) is 0 Å². The fraction of sp³-hybridized carbons (Fsp3) is 0.222. The van der Waals surface area contributed by atoms with Crippen LogP contribution in [0.15, 0.2) is 22.7 Å². The average molecular weight is 213 g/mol. The Labute approximate surface area is 86.0 Å². The molecular weight excluding hydrogens is 204 g/mol. The van der Waals surface area contributed by atoms with Crippen LogP contribution in [0.2, 0.25) is 5.15 Å². The van der Waals surface area contributed by atoms with Crippen molar-refractivity contribution >= 4 is 11.6 Å². The zero-order valence-corrected chi connectivity index (χ0v) is 8.58. The molecule has 0 atom stereocenters. The fourth-order valence-corrected chi connectivity index (χ4v) is 1.40. The van der Waals surface area contributed by atoms with E-state index in [1.165, 1.54) is 4.68 Å². The smallest absolute Gasteiger partial charge is 0.221 e. The number of nitrogens with zero attached hydrogens (tertiary/aromatic N) is 2. The Balaban J connectivity index is 2.46. The number of hydrogen-bond acceptors (Lipinski definition) is 3. The maximum atomic E-state index is 5.98. The average Bonchev–Trinajstić information content (AvgIpc) is 2.72. The normalized spacial score (nSPS) is 10.5. The Morgan fingerprint density at radius 3 is 2.79 bits per heavy atom. The molecule has 0 aliphatic carbocycles. The first-order chi connectivity index (χ1) is 6.72. The van der Waals surface area contributed by atoms with E-state index >= 15 is 0 Å². The molecule has 74 valence electrons. The van der Waals surface area contributed by atoms with Gasteiger partial charge in [0.1, 0.15) is 5.76 Å². The van der Waals surface area contributed by atoms with E-state index in [0.717, 1.165) is 5.76 Å². The van der Waals surface area contributed by atoms with E-state index in [2.05, 4.69) is 5.10 Å². The molecular formula is C9H9ClN2O2. The maximum absolute atomic E-state index is 5.98. The number of aromatic nitrogens is 2. The van der Waals surface area contributed by atoms with Gasteiger partial charge >= 0.3 is 0 Å². The highest BCUT2D eigenvalue weighted by Crippen LogP contribution is 2.26. The van der Waals surface area contributed by atoms with Gasteiger partial charge in [0.2, 0.25) is 5.88 Å². The third kappa shape index (κ3) is 1.37. The summed E-state index contributed by atoms with van der Waals surface area (Å²) in [6.07, 6.45) is 1.54. The molecule has 2 heterocycles. The van der Waals surface area contributed by atoms with Gasteiger partial charge in [-0.2, -0.15) is 9.78 Å². The van der Waals surface area contributed by atoms with Crippen molar-refractivity contribution in [3.8, 4) is 11.6 Å². The SMILES string of the molecule is COc1cnn(-c2ccc(C)o2)c1Cl. The second-order valence-corrected chi connectivity index (χ2v) is 3.16. The molecule has 0 radical (unpaired) electrons. The second-order valence-electron chi connectivity index (χ2n) is 2.80. The number of aryl methyl sites for hydroxylation is 1. The van der Waals surface area contributed by atoms with E-state index in [-0.39, 0.29) is 0 Å². The van der Waals surface area contributed by atoms with Crippen molar-refractivity contribution in [3.05, 3.63) is 29.2 Å². The summed E-state index contributed by atoms with van der Waals surface area (Å²) in [5, 5.41) is 4.44. The number of hydrogen-bond donors (Lipinski definition) is 0. The summed E-state index contributed by atoms with van der Waals surface area (Å²) in [6.45, 7) is 1.86. The third-order valence-corrected chi connectivity index (χ3v) is 2.18. The minimum atomic E-state index is 0.404. The topological polar surface area (TPSA) is 40.2 Å². The summed E-state index contributed by atoms with van der Waals surface area (Å²) in [7, 11) is 1.54. The lowest BCUT2D eigenvalue weighted by Gasteiger charge is -1.98. The predicted molar refractivity (Wildman–Crippen MR) is 52.1 cm³/mol. The molecule has 2 rings (SSSR count). The molecule has 0 N–H and O–H groups in total. The summed E-state index contributed by atoms with van der Waals surface area (Å²) >= 11 is 5.98. The van der Waals surface area contributed by atoms with E-state index < -0.39 is 0 Å². The summed E-state index contributed by atoms with van der Waals surface area (Å²) in [5.41, 5.74) is 0. The fourth-order valence-electron chi connectivity index (χ4n) is 1.14. The Bertz CT molecular complexity index is 447. The van der Waals surface area contributed by atoms with Crippen molar-refractivity contribution in [1.82, 2.24) is 9.78 Å². The Hall–Kier alpha value is -1.42. The Kier molecular flexibility index (Phi) is 2.21. The highest BCUT2D eigenvalue weighted by atomic mass is 35.5. The van der Waals surface area contributed by atoms with Gasteiger partial charge in [-0.3, -0.25) is 0 Å². The van der Waals surface area contributed by atoms with Crippen LogP contribution in [0.3, 0.4) is 0 Å². The first-order valence-electron chi connectivity index (χ1n) is 4.06. The van der Waals surface area contributed by atoms with E-state index in [4.69, 9.17) is 20.8 Å². The van der Waals surface area contributed by atoms with Crippen molar-refractivity contribution in [2.75, 3.05) is 7.11 Å². The summed E-state index contributed by atoms with van der Waals surface area (Å²) in [5.74, 6) is 1.92. The maximum Gasteiger partial charge on any atom is 0.221 e. The number of ether oxygens (including phenoxy) is 1. The largest absolute Gasteiger partial charge is 0.492 e. The van der Waals surface area contributed by atoms with Gasteiger partial charge in [-0.25, -0.2) is 0 Å². The van der Waals surface area contributed by atoms with Crippen LogP contribution < -0.4 is 4.74 Å². The van der Waals surface area contributed by atoms with Crippen molar-refractivity contribution in [2.24, 2.45) is 0 Å². The number of rotatable bonds is 2. The van der Waals surface area contributed by atoms with Crippen LogP contribution in [0.5, 0.6) is 5.75 Å². The molecule has 0 saturated heterocycles. The van der Waals surface area contributed by atoms with Crippen molar-refractivity contribution in [2.45, 2.75) is 6.92 Å². The van der Waals surface area contributed by atoms with Gasteiger partial charge in [-0.15, -0.1) is 0 Å². The minimum absolute atomic E-state index is 0.404. The van der Waals surface area contributed by atoms with E-state index in [9.17, 15) is 0 Å². The molecule has 14 heavy (non-hydrogen) atoms. The van der Waals surface area contributed by atoms with Gasteiger partial charge in [0.15, 0.2) is 10.9 Å². The molecule has 2 aromatic heterocycles. The monoisotopic (exact) mass is 212 g/mol. The first-order valence-corrected chi connectivity index (χ1v) is 4.44. The summed E-state index contributed by atoms with van der Waals surface area (Å²) in [4.78, 5) is 0. The van der Waals surface area contributed by atoms with Crippen molar-refractivity contribution in [1.29, 1.82) is 0 Å². The lowest BCUT2D eigenvalue weighted by Crippen LogP contribution is -1.93. The van der Waals surface area contributed by atoms with Gasteiger partial charge in [0.05, 0.1) is 13.3 Å². The van der Waals surface area contributed by atoms with Crippen molar-refractivity contribution < 1.29 is 9.15 Å². The zero-order valence-electron chi connectivity index (χ0n) is 7.82. The lowest BCUT2D eigenvalue weighted by atomic mass is 10.5. The van der Waals surface area contributed by atoms with E-state index in [1.807, 2.05) is 13.0 Å². The summed E-state index contributed by atoms with van der Waals surface area (Å²) < 4.78 is 11.8. The molecule has 0 aliphatic rings. The Morgan fingerprint density at radius 1 is 1.50 bits per heavy atom. The van der Waals surface area contributed by atoms with Gasteiger partial charge in [-0.05, 0) is 13.0 Å². The predicted octanol–water partition coefficient (Wildman–Crippen LogP) is 2.44. The van der Waals surface area contributed by atoms with E-state index in [1.54, 1.807) is 19.4 Å². The van der Waals surface area contributed by atoms with Gasteiger partial charge in [0.25, 0.3) is 0 Å². The molecule has 0 amide bonds. The molecule has 5 heteroatoms. The standard InChI is InChI=1S/C9H9ClN2O2/c1-6-3-4-8(14-6)12-9(10)7(13-2)5-11-12/h3-5H,1-2H3. The Morgan fingerprint density at radius 2 is 2.29 bits per heavy atom. The molecule has 0 bridgehead atoms.